The fourth-order valence-corrected chi connectivity index (χ4v) is 4.45. The van der Waals surface area contributed by atoms with Crippen LogP contribution in [0.1, 0.15) is 32.7 Å². The summed E-state index contributed by atoms with van der Waals surface area (Å²) in [6.07, 6.45) is 5.95. The Balaban J connectivity index is 1.41. The van der Waals surface area contributed by atoms with E-state index in [1.54, 1.807) is 10.9 Å². The van der Waals surface area contributed by atoms with Gasteiger partial charge < -0.3 is 19.5 Å². The highest BCUT2D eigenvalue weighted by Gasteiger charge is 2.38. The number of anilines is 2. The number of sulfonamides is 1. The Labute approximate surface area is 190 Å². The first-order chi connectivity index (χ1) is 15.6. The molecule has 1 aromatic carbocycles. The van der Waals surface area contributed by atoms with Crippen LogP contribution in [-0.4, -0.2) is 49.1 Å². The first-order valence-electron chi connectivity index (χ1n) is 10.3. The van der Waals surface area contributed by atoms with Crippen molar-refractivity contribution in [3.8, 4) is 0 Å². The predicted octanol–water partition coefficient (Wildman–Crippen LogP) is 2.17. The van der Waals surface area contributed by atoms with E-state index < -0.39 is 27.7 Å². The van der Waals surface area contributed by atoms with Gasteiger partial charge in [-0.2, -0.15) is 5.10 Å². The maximum Gasteiger partial charge on any atom is 0.350 e. The lowest BCUT2D eigenvalue weighted by Gasteiger charge is -2.29. The summed E-state index contributed by atoms with van der Waals surface area (Å²) in [6, 6.07) is 5.97. The van der Waals surface area contributed by atoms with E-state index in [0.717, 1.165) is 19.0 Å². The summed E-state index contributed by atoms with van der Waals surface area (Å²) in [5.41, 5.74) is 0.527. The minimum absolute atomic E-state index is 0.0396. The number of hydrogen-bond donors (Lipinski definition) is 2. The highest BCUT2D eigenvalue weighted by Crippen LogP contribution is 2.24. The topological polar surface area (TPSA) is 138 Å². The van der Waals surface area contributed by atoms with Crippen LogP contribution in [-0.2, 0) is 33.8 Å². The third-order valence-corrected chi connectivity index (χ3v) is 6.48. The molecule has 2 aliphatic heterocycles. The molecule has 0 amide bonds. The van der Waals surface area contributed by atoms with Crippen LogP contribution in [0.3, 0.4) is 0 Å². The van der Waals surface area contributed by atoms with Gasteiger partial charge in [-0.1, -0.05) is 0 Å². The van der Waals surface area contributed by atoms with Crippen molar-refractivity contribution in [2.75, 3.05) is 23.3 Å². The number of cyclic esters (lactones) is 2. The monoisotopic (exact) mass is 476 g/mol. The van der Waals surface area contributed by atoms with E-state index in [9.17, 15) is 18.0 Å². The summed E-state index contributed by atoms with van der Waals surface area (Å²) >= 11 is 0. The third-order valence-electron chi connectivity index (χ3n) is 5.08. The van der Waals surface area contributed by atoms with Gasteiger partial charge in [-0.3, -0.25) is 9.40 Å². The van der Waals surface area contributed by atoms with Crippen molar-refractivity contribution >= 4 is 33.3 Å². The molecule has 2 saturated heterocycles. The van der Waals surface area contributed by atoms with Crippen molar-refractivity contribution in [3.05, 3.63) is 48.4 Å². The number of aromatic nitrogens is 2. The lowest BCUT2D eigenvalue weighted by atomic mass is 10.1. The number of nitrogens with one attached hydrogen (secondary N) is 2. The maximum absolute atomic E-state index is 12.7. The van der Waals surface area contributed by atoms with Crippen molar-refractivity contribution in [3.63, 3.8) is 0 Å². The first-order valence-corrected chi connectivity index (χ1v) is 11.8. The minimum atomic E-state index is -3.83. The normalized spacial score (nSPS) is 18.9. The SMILES string of the molecule is CC1(C)OC(=O)C(=CNc2ccc(S(=O)(=O)Nc3cnn(C4CCOCC4)c3)cc2)C(=O)O1. The summed E-state index contributed by atoms with van der Waals surface area (Å²) in [4.78, 5) is 24.0. The lowest BCUT2D eigenvalue weighted by Crippen LogP contribution is -2.42. The van der Waals surface area contributed by atoms with E-state index in [-0.39, 0.29) is 16.5 Å². The first kappa shape index (κ1) is 22.8. The van der Waals surface area contributed by atoms with Gasteiger partial charge >= 0.3 is 11.9 Å². The van der Waals surface area contributed by atoms with Crippen molar-refractivity contribution in [2.24, 2.45) is 0 Å². The average Bonchev–Trinajstić information content (AvgIpc) is 3.21. The number of ether oxygens (including phenoxy) is 3. The van der Waals surface area contributed by atoms with Gasteiger partial charge in [-0.05, 0) is 37.1 Å². The molecule has 3 heterocycles. The van der Waals surface area contributed by atoms with Crippen molar-refractivity contribution in [2.45, 2.75) is 43.4 Å². The molecule has 2 fully saturated rings. The van der Waals surface area contributed by atoms with Crippen LogP contribution < -0.4 is 10.0 Å². The molecule has 0 atom stereocenters. The number of hydrogen-bond acceptors (Lipinski definition) is 9. The number of rotatable bonds is 6. The summed E-state index contributed by atoms with van der Waals surface area (Å²) in [7, 11) is -3.83. The Morgan fingerprint density at radius 2 is 1.70 bits per heavy atom. The standard InChI is InChI=1S/C21H24N4O7S/c1-21(2)31-19(26)18(20(27)32-21)12-22-14-3-5-17(6-4-14)33(28,29)24-15-11-23-25(13-15)16-7-9-30-10-8-16/h3-6,11-13,16,22,24H,7-10H2,1-2H3. The molecule has 11 nitrogen and oxygen atoms in total. The van der Waals surface area contributed by atoms with Crippen LogP contribution in [0.4, 0.5) is 11.4 Å². The summed E-state index contributed by atoms with van der Waals surface area (Å²) in [5.74, 6) is -2.95. The van der Waals surface area contributed by atoms with Gasteiger partial charge in [0.25, 0.3) is 15.8 Å². The second-order valence-electron chi connectivity index (χ2n) is 8.06. The molecule has 0 radical (unpaired) electrons. The van der Waals surface area contributed by atoms with Crippen LogP contribution in [0.2, 0.25) is 0 Å². The molecule has 0 spiro atoms. The minimum Gasteiger partial charge on any atom is -0.419 e. The summed E-state index contributed by atoms with van der Waals surface area (Å²) < 4.78 is 45.1. The Morgan fingerprint density at radius 1 is 1.06 bits per heavy atom. The van der Waals surface area contributed by atoms with Gasteiger partial charge in [0.05, 0.1) is 22.8 Å². The highest BCUT2D eigenvalue weighted by molar-refractivity contribution is 7.92. The van der Waals surface area contributed by atoms with E-state index in [1.165, 1.54) is 44.3 Å². The van der Waals surface area contributed by atoms with Crippen LogP contribution in [0.15, 0.2) is 53.3 Å². The van der Waals surface area contributed by atoms with Crippen LogP contribution in [0.5, 0.6) is 0 Å². The number of carbonyl (C=O) groups excluding carboxylic acids is 2. The Kier molecular flexibility index (Phi) is 6.13. The molecule has 2 N–H and O–H groups in total. The number of benzene rings is 1. The number of esters is 2. The molecule has 12 heteroatoms. The van der Waals surface area contributed by atoms with Crippen LogP contribution >= 0.6 is 0 Å². The quantitative estimate of drug-likeness (QED) is 0.365. The smallest absolute Gasteiger partial charge is 0.350 e. The molecule has 0 bridgehead atoms. The molecule has 0 unspecified atom stereocenters. The fourth-order valence-electron chi connectivity index (χ4n) is 3.42. The zero-order valence-electron chi connectivity index (χ0n) is 18.1. The van der Waals surface area contributed by atoms with Crippen LogP contribution in [0.25, 0.3) is 0 Å². The van der Waals surface area contributed by atoms with Gasteiger partial charge in [0.1, 0.15) is 0 Å². The van der Waals surface area contributed by atoms with Gasteiger partial charge in [0.15, 0.2) is 5.57 Å². The molecular formula is C21H24N4O7S. The van der Waals surface area contributed by atoms with Crippen molar-refractivity contribution in [1.29, 1.82) is 0 Å². The predicted molar refractivity (Wildman–Crippen MR) is 117 cm³/mol. The van der Waals surface area contributed by atoms with E-state index in [0.29, 0.717) is 24.6 Å². The Hall–Kier alpha value is -3.38. The number of carbonyl (C=O) groups is 2. The second kappa shape index (κ2) is 8.87. The van der Waals surface area contributed by atoms with E-state index in [2.05, 4.69) is 15.1 Å². The molecule has 2 aliphatic rings. The average molecular weight is 477 g/mol. The number of nitrogens with zero attached hydrogens (tertiary/aromatic N) is 2. The highest BCUT2D eigenvalue weighted by atomic mass is 32.2. The van der Waals surface area contributed by atoms with E-state index in [4.69, 9.17) is 14.2 Å². The van der Waals surface area contributed by atoms with Crippen LogP contribution in [0, 0.1) is 0 Å². The Morgan fingerprint density at radius 3 is 2.33 bits per heavy atom. The largest absolute Gasteiger partial charge is 0.419 e. The molecule has 33 heavy (non-hydrogen) atoms. The molecule has 0 aliphatic carbocycles. The third kappa shape index (κ3) is 5.34. The van der Waals surface area contributed by atoms with E-state index >= 15 is 0 Å². The molecular weight excluding hydrogens is 452 g/mol. The zero-order chi connectivity index (χ0) is 23.6. The maximum atomic E-state index is 12.7. The summed E-state index contributed by atoms with van der Waals surface area (Å²) in [6.45, 7) is 4.22. The Bertz CT molecular complexity index is 1160. The molecule has 1 aromatic heterocycles. The fraction of sp³-hybridized carbons (Fsp3) is 0.381. The second-order valence-corrected chi connectivity index (χ2v) is 9.75. The molecule has 2 aromatic rings. The van der Waals surface area contributed by atoms with Gasteiger partial charge in [0, 0.05) is 45.1 Å². The lowest BCUT2D eigenvalue weighted by molar-refractivity contribution is -0.222. The van der Waals surface area contributed by atoms with Gasteiger partial charge in [0.2, 0.25) is 0 Å². The van der Waals surface area contributed by atoms with Gasteiger partial charge in [-0.25, -0.2) is 18.0 Å². The van der Waals surface area contributed by atoms with Crippen molar-refractivity contribution < 1.29 is 32.2 Å². The zero-order valence-corrected chi connectivity index (χ0v) is 18.9. The van der Waals surface area contributed by atoms with Gasteiger partial charge in [-0.15, -0.1) is 0 Å². The van der Waals surface area contributed by atoms with Crippen molar-refractivity contribution in [1.82, 2.24) is 9.78 Å². The molecule has 0 saturated carbocycles. The molecule has 176 valence electrons. The molecule has 4 rings (SSSR count). The summed E-state index contributed by atoms with van der Waals surface area (Å²) in [5, 5.41) is 7.03. The van der Waals surface area contributed by atoms with E-state index in [1.807, 2.05) is 0 Å².